The van der Waals surface area contributed by atoms with Crippen LogP contribution < -0.4 is 0 Å². The molecule has 0 fully saturated rings. The summed E-state index contributed by atoms with van der Waals surface area (Å²) in [6.07, 6.45) is 5.25. The van der Waals surface area contributed by atoms with Gasteiger partial charge in [0.15, 0.2) is 5.65 Å². The molecular formula is C8H10N4. The summed E-state index contributed by atoms with van der Waals surface area (Å²) < 4.78 is 1.96. The Morgan fingerprint density at radius 2 is 2.17 bits per heavy atom. The Morgan fingerprint density at radius 3 is 2.92 bits per heavy atom. The summed E-state index contributed by atoms with van der Waals surface area (Å²) in [6, 6.07) is 0. The second-order valence-electron chi connectivity index (χ2n) is 3.05. The molecule has 0 saturated carbocycles. The highest BCUT2D eigenvalue weighted by atomic mass is 15.2. The largest absolute Gasteiger partial charge is 0.284 e. The van der Waals surface area contributed by atoms with E-state index >= 15 is 0 Å². The Balaban J connectivity index is 2.73. The Kier molecular flexibility index (Phi) is 1.53. The number of aromatic nitrogens is 4. The first-order valence-corrected chi connectivity index (χ1v) is 3.92. The van der Waals surface area contributed by atoms with Crippen LogP contribution in [0.25, 0.3) is 5.65 Å². The molecule has 12 heavy (non-hydrogen) atoms. The monoisotopic (exact) mass is 162 g/mol. The van der Waals surface area contributed by atoms with Gasteiger partial charge in [-0.1, -0.05) is 13.8 Å². The van der Waals surface area contributed by atoms with Crippen LogP contribution in [0, 0.1) is 0 Å². The number of hydrogen-bond acceptors (Lipinski definition) is 3. The molecule has 4 nitrogen and oxygen atoms in total. The van der Waals surface area contributed by atoms with E-state index in [0.29, 0.717) is 5.92 Å². The van der Waals surface area contributed by atoms with Crippen molar-refractivity contribution < 1.29 is 0 Å². The first-order valence-electron chi connectivity index (χ1n) is 3.92. The summed E-state index contributed by atoms with van der Waals surface area (Å²) in [5.41, 5.74) is 1.94. The molecule has 2 rings (SSSR count). The van der Waals surface area contributed by atoms with E-state index in [1.165, 1.54) is 0 Å². The van der Waals surface area contributed by atoms with E-state index in [2.05, 4.69) is 29.0 Å². The predicted octanol–water partition coefficient (Wildman–Crippen LogP) is 1.25. The molecule has 0 aliphatic rings. The van der Waals surface area contributed by atoms with Crippen molar-refractivity contribution in [1.29, 1.82) is 0 Å². The molecule has 0 aliphatic carbocycles. The fourth-order valence-corrected chi connectivity index (χ4v) is 1.20. The van der Waals surface area contributed by atoms with Crippen LogP contribution in [0.4, 0.5) is 0 Å². The van der Waals surface area contributed by atoms with Crippen LogP contribution in [0.3, 0.4) is 0 Å². The lowest BCUT2D eigenvalue weighted by molar-refractivity contribution is 0.771. The Labute approximate surface area is 70.3 Å². The van der Waals surface area contributed by atoms with Gasteiger partial charge in [0, 0.05) is 5.69 Å². The Bertz CT molecular complexity index is 391. The van der Waals surface area contributed by atoms with E-state index < -0.39 is 0 Å². The second kappa shape index (κ2) is 2.55. The Hall–Kier alpha value is -1.45. The topological polar surface area (TPSA) is 43.1 Å². The van der Waals surface area contributed by atoms with Crippen molar-refractivity contribution in [2.75, 3.05) is 0 Å². The SMILES string of the molecule is CC(C)c1cnnc2cncn12. The molecule has 0 spiro atoms. The highest BCUT2D eigenvalue weighted by molar-refractivity contribution is 5.34. The summed E-state index contributed by atoms with van der Waals surface area (Å²) in [7, 11) is 0. The van der Waals surface area contributed by atoms with Gasteiger partial charge in [0.25, 0.3) is 0 Å². The first kappa shape index (κ1) is 7.21. The summed E-state index contributed by atoms with van der Waals surface area (Å²) >= 11 is 0. The van der Waals surface area contributed by atoms with Gasteiger partial charge in [-0.3, -0.25) is 4.40 Å². The van der Waals surface area contributed by atoms with Crippen LogP contribution in [0.1, 0.15) is 25.5 Å². The third-order valence-electron chi connectivity index (χ3n) is 1.84. The fraction of sp³-hybridized carbons (Fsp3) is 0.375. The maximum absolute atomic E-state index is 4.00. The number of nitrogens with zero attached hydrogens (tertiary/aromatic N) is 4. The molecule has 0 radical (unpaired) electrons. The van der Waals surface area contributed by atoms with Gasteiger partial charge in [-0.15, -0.1) is 5.10 Å². The molecule has 0 saturated heterocycles. The molecule has 0 aromatic carbocycles. The van der Waals surface area contributed by atoms with Gasteiger partial charge in [0.1, 0.15) is 6.33 Å². The predicted molar refractivity (Wildman–Crippen MR) is 44.9 cm³/mol. The van der Waals surface area contributed by atoms with Crippen molar-refractivity contribution in [2.24, 2.45) is 0 Å². The second-order valence-corrected chi connectivity index (χ2v) is 3.05. The summed E-state index contributed by atoms with van der Waals surface area (Å²) in [4.78, 5) is 4.00. The molecule has 0 unspecified atom stereocenters. The summed E-state index contributed by atoms with van der Waals surface area (Å²) in [5.74, 6) is 0.442. The van der Waals surface area contributed by atoms with Gasteiger partial charge in [0.05, 0.1) is 12.4 Å². The minimum atomic E-state index is 0.442. The molecule has 2 aromatic heterocycles. The minimum absolute atomic E-state index is 0.442. The highest BCUT2D eigenvalue weighted by Crippen LogP contribution is 2.12. The van der Waals surface area contributed by atoms with Gasteiger partial charge in [-0.25, -0.2) is 4.98 Å². The number of rotatable bonds is 1. The third-order valence-corrected chi connectivity index (χ3v) is 1.84. The van der Waals surface area contributed by atoms with Crippen LogP contribution >= 0.6 is 0 Å². The summed E-state index contributed by atoms with van der Waals surface area (Å²) in [5, 5.41) is 7.83. The van der Waals surface area contributed by atoms with Crippen molar-refractivity contribution in [1.82, 2.24) is 19.6 Å². The molecule has 2 aromatic rings. The van der Waals surface area contributed by atoms with Crippen LogP contribution in [0.15, 0.2) is 18.7 Å². The molecule has 0 amide bonds. The quantitative estimate of drug-likeness (QED) is 0.633. The average Bonchev–Trinajstić information content (AvgIpc) is 2.49. The molecule has 0 atom stereocenters. The molecule has 0 aliphatic heterocycles. The lowest BCUT2D eigenvalue weighted by atomic mass is 10.1. The van der Waals surface area contributed by atoms with Crippen molar-refractivity contribution in [2.45, 2.75) is 19.8 Å². The van der Waals surface area contributed by atoms with Gasteiger partial charge in [0.2, 0.25) is 0 Å². The molecule has 62 valence electrons. The van der Waals surface area contributed by atoms with Crippen molar-refractivity contribution in [3.63, 3.8) is 0 Å². The van der Waals surface area contributed by atoms with E-state index in [1.54, 1.807) is 18.7 Å². The number of hydrogen-bond donors (Lipinski definition) is 0. The lowest BCUT2D eigenvalue weighted by Gasteiger charge is -2.05. The first-order chi connectivity index (χ1) is 5.79. The zero-order valence-corrected chi connectivity index (χ0v) is 7.10. The lowest BCUT2D eigenvalue weighted by Crippen LogP contribution is -2.00. The van der Waals surface area contributed by atoms with E-state index in [4.69, 9.17) is 0 Å². The van der Waals surface area contributed by atoms with Gasteiger partial charge in [-0.05, 0) is 5.92 Å². The van der Waals surface area contributed by atoms with Crippen molar-refractivity contribution in [3.05, 3.63) is 24.4 Å². The minimum Gasteiger partial charge on any atom is -0.284 e. The van der Waals surface area contributed by atoms with E-state index in [9.17, 15) is 0 Å². The fourth-order valence-electron chi connectivity index (χ4n) is 1.20. The zero-order valence-electron chi connectivity index (χ0n) is 7.10. The van der Waals surface area contributed by atoms with Crippen LogP contribution in [0.5, 0.6) is 0 Å². The third kappa shape index (κ3) is 0.958. The smallest absolute Gasteiger partial charge is 0.179 e. The van der Waals surface area contributed by atoms with Gasteiger partial charge < -0.3 is 0 Å². The summed E-state index contributed by atoms with van der Waals surface area (Å²) in [6.45, 7) is 4.24. The number of fused-ring (bicyclic) bond motifs is 1. The standard InChI is InChI=1S/C8H10N4/c1-6(2)7-3-10-11-8-4-9-5-12(7)8/h3-6H,1-2H3. The van der Waals surface area contributed by atoms with Crippen molar-refractivity contribution in [3.8, 4) is 0 Å². The number of imidazole rings is 1. The van der Waals surface area contributed by atoms with E-state index in [0.717, 1.165) is 11.3 Å². The Morgan fingerprint density at radius 1 is 1.33 bits per heavy atom. The van der Waals surface area contributed by atoms with Crippen LogP contribution in [0.2, 0.25) is 0 Å². The van der Waals surface area contributed by atoms with Gasteiger partial charge >= 0.3 is 0 Å². The van der Waals surface area contributed by atoms with E-state index in [1.807, 2.05) is 4.40 Å². The molecule has 0 N–H and O–H groups in total. The van der Waals surface area contributed by atoms with Crippen molar-refractivity contribution >= 4 is 5.65 Å². The molecular weight excluding hydrogens is 152 g/mol. The zero-order chi connectivity index (χ0) is 8.55. The molecule has 2 heterocycles. The maximum atomic E-state index is 4.00. The van der Waals surface area contributed by atoms with Gasteiger partial charge in [-0.2, -0.15) is 5.10 Å². The normalized spacial score (nSPS) is 11.2. The molecule has 0 bridgehead atoms. The highest BCUT2D eigenvalue weighted by Gasteiger charge is 2.04. The average molecular weight is 162 g/mol. The van der Waals surface area contributed by atoms with E-state index in [-0.39, 0.29) is 0 Å². The van der Waals surface area contributed by atoms with Crippen LogP contribution in [-0.2, 0) is 0 Å². The molecule has 4 heteroatoms. The van der Waals surface area contributed by atoms with Crippen LogP contribution in [-0.4, -0.2) is 19.6 Å². The maximum Gasteiger partial charge on any atom is 0.179 e.